The average Bonchev–Trinajstić information content (AvgIpc) is 2.32. The van der Waals surface area contributed by atoms with Crippen LogP contribution >= 0.6 is 15.9 Å². The number of hydrogen-bond donors (Lipinski definition) is 2. The average molecular weight is 286 g/mol. The van der Waals surface area contributed by atoms with E-state index in [0.717, 1.165) is 12.5 Å². The van der Waals surface area contributed by atoms with Crippen LogP contribution in [0.3, 0.4) is 0 Å². The Bertz CT molecular complexity index is 398. The number of nitrogens with zero attached hydrogens (tertiary/aromatic N) is 1. The maximum atomic E-state index is 11.3. The summed E-state index contributed by atoms with van der Waals surface area (Å²) in [5, 5.41) is 3.25. The summed E-state index contributed by atoms with van der Waals surface area (Å²) in [5.41, 5.74) is -0.138. The smallest absolute Gasteiger partial charge is 0.267 e. The quantitative estimate of drug-likeness (QED) is 0.897. The van der Waals surface area contributed by atoms with E-state index in [0.29, 0.717) is 10.3 Å². The predicted molar refractivity (Wildman–Crippen MR) is 67.6 cm³/mol. The molecule has 0 aromatic carbocycles. The summed E-state index contributed by atoms with van der Waals surface area (Å²) in [6.45, 7) is 0.912. The van der Waals surface area contributed by atoms with Crippen molar-refractivity contribution in [2.75, 3.05) is 11.9 Å². The van der Waals surface area contributed by atoms with Gasteiger partial charge in [-0.2, -0.15) is 0 Å². The third-order valence-electron chi connectivity index (χ3n) is 3.08. The van der Waals surface area contributed by atoms with E-state index in [4.69, 9.17) is 0 Å². The van der Waals surface area contributed by atoms with Crippen molar-refractivity contribution in [1.82, 2.24) is 9.97 Å². The summed E-state index contributed by atoms with van der Waals surface area (Å²) in [6, 6.07) is 0. The first-order valence-electron chi connectivity index (χ1n) is 5.74. The number of aromatic nitrogens is 2. The topological polar surface area (TPSA) is 57.8 Å². The van der Waals surface area contributed by atoms with Crippen LogP contribution in [0.15, 0.2) is 15.6 Å². The van der Waals surface area contributed by atoms with Crippen molar-refractivity contribution in [2.24, 2.45) is 5.92 Å². The Morgan fingerprint density at radius 2 is 2.19 bits per heavy atom. The number of aromatic amines is 1. The van der Waals surface area contributed by atoms with Crippen LogP contribution < -0.4 is 10.9 Å². The first kappa shape index (κ1) is 11.6. The van der Waals surface area contributed by atoms with Crippen molar-refractivity contribution in [3.63, 3.8) is 0 Å². The van der Waals surface area contributed by atoms with E-state index in [2.05, 4.69) is 31.2 Å². The Morgan fingerprint density at radius 3 is 2.94 bits per heavy atom. The molecule has 16 heavy (non-hydrogen) atoms. The van der Waals surface area contributed by atoms with Crippen molar-refractivity contribution >= 4 is 21.7 Å². The lowest BCUT2D eigenvalue weighted by atomic mass is 9.89. The number of hydrogen-bond acceptors (Lipinski definition) is 3. The third-order valence-corrected chi connectivity index (χ3v) is 3.82. The van der Waals surface area contributed by atoms with Gasteiger partial charge in [-0.05, 0) is 34.7 Å². The highest BCUT2D eigenvalue weighted by molar-refractivity contribution is 9.10. The first-order chi connectivity index (χ1) is 7.77. The molecule has 0 spiro atoms. The normalized spacial score (nSPS) is 17.3. The van der Waals surface area contributed by atoms with Crippen molar-refractivity contribution in [2.45, 2.75) is 32.1 Å². The van der Waals surface area contributed by atoms with Gasteiger partial charge in [-0.1, -0.05) is 19.3 Å². The molecule has 2 rings (SSSR count). The molecule has 5 heteroatoms. The lowest BCUT2D eigenvalue weighted by Crippen LogP contribution is -2.19. The largest absolute Gasteiger partial charge is 0.369 e. The van der Waals surface area contributed by atoms with Crippen LogP contribution in [0.2, 0.25) is 0 Å². The van der Waals surface area contributed by atoms with Crippen LogP contribution in [0.25, 0.3) is 0 Å². The van der Waals surface area contributed by atoms with Gasteiger partial charge in [0.05, 0.1) is 6.33 Å². The number of rotatable bonds is 3. The lowest BCUT2D eigenvalue weighted by Gasteiger charge is -2.22. The van der Waals surface area contributed by atoms with Gasteiger partial charge >= 0.3 is 0 Å². The minimum absolute atomic E-state index is 0.138. The fourth-order valence-electron chi connectivity index (χ4n) is 2.14. The first-order valence-corrected chi connectivity index (χ1v) is 6.53. The number of halogens is 1. The molecule has 0 radical (unpaired) electrons. The summed E-state index contributed by atoms with van der Waals surface area (Å²) in [7, 11) is 0. The van der Waals surface area contributed by atoms with E-state index in [9.17, 15) is 4.79 Å². The molecular weight excluding hydrogens is 270 g/mol. The van der Waals surface area contributed by atoms with Crippen LogP contribution in [0, 0.1) is 5.92 Å². The van der Waals surface area contributed by atoms with E-state index in [-0.39, 0.29) is 5.56 Å². The molecule has 0 amide bonds. The van der Waals surface area contributed by atoms with Crippen LogP contribution in [0.4, 0.5) is 5.82 Å². The Kier molecular flexibility index (Phi) is 3.98. The second-order valence-corrected chi connectivity index (χ2v) is 5.07. The van der Waals surface area contributed by atoms with Crippen molar-refractivity contribution in [1.29, 1.82) is 0 Å². The molecule has 1 aromatic rings. The molecule has 0 bridgehead atoms. The Labute approximate surface area is 103 Å². The predicted octanol–water partition coefficient (Wildman–Crippen LogP) is 2.52. The lowest BCUT2D eigenvalue weighted by molar-refractivity contribution is 0.373. The van der Waals surface area contributed by atoms with Gasteiger partial charge in [0.1, 0.15) is 10.3 Å². The number of nitrogens with one attached hydrogen (secondary N) is 2. The number of anilines is 1. The second-order valence-electron chi connectivity index (χ2n) is 4.28. The second kappa shape index (κ2) is 5.48. The maximum absolute atomic E-state index is 11.3. The van der Waals surface area contributed by atoms with Gasteiger partial charge in [0.25, 0.3) is 5.56 Å². The summed E-state index contributed by atoms with van der Waals surface area (Å²) >= 11 is 3.24. The van der Waals surface area contributed by atoms with Gasteiger partial charge < -0.3 is 10.3 Å². The fourth-order valence-corrected chi connectivity index (χ4v) is 2.50. The summed E-state index contributed by atoms with van der Waals surface area (Å²) in [6.07, 6.45) is 8.02. The van der Waals surface area contributed by atoms with Gasteiger partial charge in [-0.15, -0.1) is 0 Å². The molecule has 4 nitrogen and oxygen atoms in total. The maximum Gasteiger partial charge on any atom is 0.267 e. The van der Waals surface area contributed by atoms with E-state index in [1.165, 1.54) is 38.4 Å². The molecule has 1 aromatic heterocycles. The molecule has 0 aliphatic heterocycles. The highest BCUT2D eigenvalue weighted by Gasteiger charge is 2.14. The molecule has 1 fully saturated rings. The van der Waals surface area contributed by atoms with E-state index in [1.54, 1.807) is 0 Å². The molecule has 1 heterocycles. The van der Waals surface area contributed by atoms with Gasteiger partial charge in [0.2, 0.25) is 0 Å². The van der Waals surface area contributed by atoms with Gasteiger partial charge in [-0.3, -0.25) is 4.79 Å². The van der Waals surface area contributed by atoms with Crippen molar-refractivity contribution in [3.8, 4) is 0 Å². The van der Waals surface area contributed by atoms with Gasteiger partial charge in [-0.25, -0.2) is 4.98 Å². The van der Waals surface area contributed by atoms with Gasteiger partial charge in [0.15, 0.2) is 0 Å². The van der Waals surface area contributed by atoms with Crippen molar-refractivity contribution < 1.29 is 0 Å². The fraction of sp³-hybridized carbons (Fsp3) is 0.636. The van der Waals surface area contributed by atoms with Crippen LogP contribution in [0.1, 0.15) is 32.1 Å². The Hall–Kier alpha value is -0.840. The van der Waals surface area contributed by atoms with E-state index in [1.807, 2.05) is 0 Å². The summed E-state index contributed by atoms with van der Waals surface area (Å²) < 4.78 is 0.491. The Morgan fingerprint density at radius 1 is 1.44 bits per heavy atom. The molecule has 1 aliphatic rings. The third kappa shape index (κ3) is 2.84. The van der Waals surface area contributed by atoms with E-state index >= 15 is 0 Å². The zero-order valence-corrected chi connectivity index (χ0v) is 10.7. The molecule has 0 unspecified atom stereocenters. The van der Waals surface area contributed by atoms with Crippen LogP contribution in [-0.2, 0) is 0 Å². The molecule has 2 N–H and O–H groups in total. The van der Waals surface area contributed by atoms with E-state index < -0.39 is 0 Å². The molecule has 0 saturated heterocycles. The Balaban J connectivity index is 1.93. The highest BCUT2D eigenvalue weighted by atomic mass is 79.9. The monoisotopic (exact) mass is 285 g/mol. The van der Waals surface area contributed by atoms with Crippen LogP contribution in [0.5, 0.6) is 0 Å². The summed E-state index contributed by atoms with van der Waals surface area (Å²) in [5.74, 6) is 1.37. The molecule has 1 aliphatic carbocycles. The van der Waals surface area contributed by atoms with Crippen molar-refractivity contribution in [3.05, 3.63) is 21.2 Å². The molecule has 0 atom stereocenters. The minimum Gasteiger partial charge on any atom is -0.369 e. The SMILES string of the molecule is O=c1[nH]cnc(NCC2CCCCC2)c1Br. The summed E-state index contributed by atoms with van der Waals surface area (Å²) in [4.78, 5) is 17.9. The zero-order valence-electron chi connectivity index (χ0n) is 9.13. The van der Waals surface area contributed by atoms with Crippen LogP contribution in [-0.4, -0.2) is 16.5 Å². The minimum atomic E-state index is -0.138. The molecular formula is C11H16BrN3O. The number of H-pyrrole nitrogens is 1. The molecule has 1 saturated carbocycles. The standard InChI is InChI=1S/C11H16BrN3O/c12-9-10(14-7-15-11(9)16)13-6-8-4-2-1-3-5-8/h7-8H,1-6H2,(H2,13,14,15,16). The zero-order chi connectivity index (χ0) is 11.4. The highest BCUT2D eigenvalue weighted by Crippen LogP contribution is 2.24. The van der Waals surface area contributed by atoms with Gasteiger partial charge in [0, 0.05) is 6.54 Å². The molecule has 88 valence electrons.